The summed E-state index contributed by atoms with van der Waals surface area (Å²) in [6.45, 7) is 1.61. The molecule has 1 N–H and O–H groups in total. The van der Waals surface area contributed by atoms with Crippen LogP contribution in [0.3, 0.4) is 0 Å². The van der Waals surface area contributed by atoms with E-state index in [1.165, 1.54) is 0 Å². The van der Waals surface area contributed by atoms with Crippen LogP contribution in [0.4, 0.5) is 0 Å². The number of benzene rings is 2. The molecule has 0 fully saturated rings. The number of methoxy groups -OCH3 is 1. The first-order valence-corrected chi connectivity index (χ1v) is 8.09. The summed E-state index contributed by atoms with van der Waals surface area (Å²) < 4.78 is 16.5. The Morgan fingerprint density at radius 1 is 1.16 bits per heavy atom. The van der Waals surface area contributed by atoms with Crippen molar-refractivity contribution in [3.8, 4) is 11.5 Å². The van der Waals surface area contributed by atoms with Crippen LogP contribution in [-0.2, 0) is 0 Å². The Hall–Kier alpha value is -2.79. The van der Waals surface area contributed by atoms with Gasteiger partial charge in [-0.05, 0) is 29.8 Å². The third-order valence-electron chi connectivity index (χ3n) is 4.57. The molecular formula is C20H18O5. The quantitative estimate of drug-likeness (QED) is 0.725. The van der Waals surface area contributed by atoms with Gasteiger partial charge in [0.2, 0.25) is 5.79 Å². The molecule has 0 aliphatic carbocycles. The zero-order valence-electron chi connectivity index (χ0n) is 14.0. The summed E-state index contributed by atoms with van der Waals surface area (Å²) in [7, 11) is 1.60. The molecule has 4 rings (SSSR count). The Labute approximate surface area is 144 Å². The predicted octanol–water partition coefficient (Wildman–Crippen LogP) is 3.42. The van der Waals surface area contributed by atoms with Gasteiger partial charge in [-0.15, -0.1) is 0 Å². The number of hydrogen-bond acceptors (Lipinski definition) is 5. The van der Waals surface area contributed by atoms with Gasteiger partial charge >= 0.3 is 5.63 Å². The van der Waals surface area contributed by atoms with Gasteiger partial charge in [0.15, 0.2) is 0 Å². The summed E-state index contributed by atoms with van der Waals surface area (Å²) in [6, 6.07) is 14.6. The minimum Gasteiger partial charge on any atom is -0.497 e. The lowest BCUT2D eigenvalue weighted by molar-refractivity contribution is -0.136. The van der Waals surface area contributed by atoms with E-state index < -0.39 is 11.4 Å². The lowest BCUT2D eigenvalue weighted by Gasteiger charge is -2.36. The van der Waals surface area contributed by atoms with E-state index in [0.717, 1.165) is 11.3 Å². The van der Waals surface area contributed by atoms with Crippen LogP contribution < -0.4 is 15.1 Å². The van der Waals surface area contributed by atoms with Gasteiger partial charge < -0.3 is 19.0 Å². The van der Waals surface area contributed by atoms with Gasteiger partial charge in [-0.3, -0.25) is 0 Å². The molecule has 1 aromatic heterocycles. The fourth-order valence-corrected chi connectivity index (χ4v) is 3.41. The molecule has 0 bridgehead atoms. The van der Waals surface area contributed by atoms with Crippen molar-refractivity contribution in [3.05, 3.63) is 70.1 Å². The molecule has 0 saturated carbocycles. The van der Waals surface area contributed by atoms with Crippen LogP contribution in [0.1, 0.15) is 30.4 Å². The van der Waals surface area contributed by atoms with Crippen molar-refractivity contribution >= 4 is 11.0 Å². The Balaban J connectivity index is 1.96. The second-order valence-electron chi connectivity index (χ2n) is 6.44. The second kappa shape index (κ2) is 5.63. The maximum atomic E-state index is 12.6. The van der Waals surface area contributed by atoms with Gasteiger partial charge in [-0.25, -0.2) is 4.79 Å². The van der Waals surface area contributed by atoms with E-state index in [4.69, 9.17) is 13.9 Å². The molecule has 0 saturated heterocycles. The van der Waals surface area contributed by atoms with E-state index in [9.17, 15) is 9.90 Å². The lowest BCUT2D eigenvalue weighted by atomic mass is 9.83. The van der Waals surface area contributed by atoms with Gasteiger partial charge in [0.05, 0.1) is 18.1 Å². The van der Waals surface area contributed by atoms with Gasteiger partial charge in [0.1, 0.15) is 17.1 Å². The average molecular weight is 338 g/mol. The summed E-state index contributed by atoms with van der Waals surface area (Å²) in [6.07, 6.45) is 0.259. The van der Waals surface area contributed by atoms with Crippen molar-refractivity contribution in [3.63, 3.8) is 0 Å². The first-order chi connectivity index (χ1) is 12.0. The minimum absolute atomic E-state index is 0.259. The molecule has 2 unspecified atom stereocenters. The molecule has 5 heteroatoms. The molecule has 128 valence electrons. The molecule has 5 nitrogen and oxygen atoms in total. The Morgan fingerprint density at radius 3 is 2.60 bits per heavy atom. The highest BCUT2D eigenvalue weighted by molar-refractivity contribution is 5.85. The highest BCUT2D eigenvalue weighted by Crippen LogP contribution is 2.45. The standard InChI is InChI=1S/C20H18O5/c1-20(22)11-15(12-7-9-13(23-2)10-8-12)17-18(25-20)14-5-3-4-6-16(14)24-19(17)21/h3-10,15,22H,11H2,1-2H3. The predicted molar refractivity (Wildman–Crippen MR) is 93.2 cm³/mol. The smallest absolute Gasteiger partial charge is 0.343 e. The summed E-state index contributed by atoms with van der Waals surface area (Å²) in [4.78, 5) is 12.6. The third kappa shape index (κ3) is 2.66. The minimum atomic E-state index is -1.38. The molecule has 1 aliphatic heterocycles. The third-order valence-corrected chi connectivity index (χ3v) is 4.57. The van der Waals surface area contributed by atoms with Crippen LogP contribution >= 0.6 is 0 Å². The fraction of sp³-hybridized carbons (Fsp3) is 0.250. The Bertz CT molecular complexity index is 985. The van der Waals surface area contributed by atoms with Crippen molar-refractivity contribution in [2.24, 2.45) is 0 Å². The van der Waals surface area contributed by atoms with Gasteiger partial charge in [0, 0.05) is 19.3 Å². The zero-order chi connectivity index (χ0) is 17.6. The summed E-state index contributed by atoms with van der Waals surface area (Å²) in [5.74, 6) is -0.587. The zero-order valence-corrected chi connectivity index (χ0v) is 14.0. The van der Waals surface area contributed by atoms with E-state index in [2.05, 4.69) is 0 Å². The van der Waals surface area contributed by atoms with Crippen LogP contribution in [0.25, 0.3) is 11.0 Å². The van der Waals surface area contributed by atoms with E-state index >= 15 is 0 Å². The van der Waals surface area contributed by atoms with E-state index in [-0.39, 0.29) is 12.3 Å². The lowest BCUT2D eigenvalue weighted by Crippen LogP contribution is -2.40. The molecule has 1 aliphatic rings. The van der Waals surface area contributed by atoms with Crippen molar-refractivity contribution < 1.29 is 19.0 Å². The molecular weight excluding hydrogens is 320 g/mol. The number of hydrogen-bond donors (Lipinski definition) is 1. The maximum absolute atomic E-state index is 12.6. The molecule has 0 radical (unpaired) electrons. The number of ether oxygens (including phenoxy) is 2. The molecule has 2 atom stereocenters. The maximum Gasteiger partial charge on any atom is 0.343 e. The second-order valence-corrected chi connectivity index (χ2v) is 6.44. The number of rotatable bonds is 2. The molecule has 2 heterocycles. The molecule has 3 aromatic rings. The van der Waals surface area contributed by atoms with Gasteiger partial charge in [-0.1, -0.05) is 24.3 Å². The van der Waals surface area contributed by atoms with Crippen LogP contribution in [0.5, 0.6) is 11.5 Å². The highest BCUT2D eigenvalue weighted by Gasteiger charge is 2.40. The van der Waals surface area contributed by atoms with Crippen LogP contribution in [0, 0.1) is 0 Å². The summed E-state index contributed by atoms with van der Waals surface area (Å²) in [5.41, 5.74) is 1.34. The molecule has 0 spiro atoms. The largest absolute Gasteiger partial charge is 0.497 e. The normalized spacial score (nSPS) is 22.3. The topological polar surface area (TPSA) is 68.9 Å². The monoisotopic (exact) mass is 338 g/mol. The SMILES string of the molecule is COc1ccc(C2CC(C)(O)Oc3c2c(=O)oc2ccccc32)cc1. The van der Waals surface area contributed by atoms with E-state index in [1.807, 2.05) is 36.4 Å². The first kappa shape index (κ1) is 15.7. The van der Waals surface area contributed by atoms with E-state index in [0.29, 0.717) is 22.3 Å². The Kier molecular flexibility index (Phi) is 3.54. The van der Waals surface area contributed by atoms with Crippen LogP contribution in [0.2, 0.25) is 0 Å². The first-order valence-electron chi connectivity index (χ1n) is 8.09. The van der Waals surface area contributed by atoms with Crippen LogP contribution in [0.15, 0.2) is 57.7 Å². The number of para-hydroxylation sites is 1. The van der Waals surface area contributed by atoms with Gasteiger partial charge in [0.25, 0.3) is 0 Å². The van der Waals surface area contributed by atoms with Gasteiger partial charge in [-0.2, -0.15) is 0 Å². The van der Waals surface area contributed by atoms with Crippen LogP contribution in [-0.4, -0.2) is 18.0 Å². The van der Waals surface area contributed by atoms with Crippen molar-refractivity contribution in [1.82, 2.24) is 0 Å². The molecule has 25 heavy (non-hydrogen) atoms. The average Bonchev–Trinajstić information content (AvgIpc) is 2.60. The van der Waals surface area contributed by atoms with Crippen molar-refractivity contribution in [1.29, 1.82) is 0 Å². The highest BCUT2D eigenvalue weighted by atomic mass is 16.6. The van der Waals surface area contributed by atoms with Crippen molar-refractivity contribution in [2.45, 2.75) is 25.0 Å². The number of fused-ring (bicyclic) bond motifs is 3. The summed E-state index contributed by atoms with van der Waals surface area (Å²) in [5, 5.41) is 11.3. The van der Waals surface area contributed by atoms with E-state index in [1.54, 1.807) is 26.2 Å². The Morgan fingerprint density at radius 2 is 1.88 bits per heavy atom. The van der Waals surface area contributed by atoms with Crippen molar-refractivity contribution in [2.75, 3.05) is 7.11 Å². The summed E-state index contributed by atoms with van der Waals surface area (Å²) >= 11 is 0. The molecule has 2 aromatic carbocycles. The molecule has 0 amide bonds. The fourth-order valence-electron chi connectivity index (χ4n) is 3.41. The number of aliphatic hydroxyl groups is 1.